The van der Waals surface area contributed by atoms with Crippen molar-refractivity contribution in [2.75, 3.05) is 40.6 Å². The first-order valence-electron chi connectivity index (χ1n) is 27.0. The highest BCUT2D eigenvalue weighted by Crippen LogP contribution is 2.39. The van der Waals surface area contributed by atoms with Gasteiger partial charge in [0.2, 0.25) is 5.79 Å². The maximum absolute atomic E-state index is 14.6. The number of ketones is 3. The smallest absolute Gasteiger partial charge is 0.329 e. The normalized spacial score (nSPS) is 37.5. The van der Waals surface area contributed by atoms with Gasteiger partial charge in [-0.15, -0.1) is 0 Å². The molecular formula is C57H91NO15. The van der Waals surface area contributed by atoms with Gasteiger partial charge in [-0.2, -0.15) is 0 Å². The molecule has 2 saturated heterocycles. The Bertz CT molecular complexity index is 1940. The van der Waals surface area contributed by atoms with Crippen LogP contribution < -0.4 is 0 Å². The van der Waals surface area contributed by atoms with Crippen LogP contribution in [0.2, 0.25) is 0 Å². The number of aliphatic hydroxyl groups is 4. The molecule has 414 valence electrons. The third-order valence-electron chi connectivity index (χ3n) is 15.8. The molecule has 1 aliphatic carbocycles. The highest BCUT2D eigenvalue weighted by molar-refractivity contribution is 6.39. The average Bonchev–Trinajstić information content (AvgIpc) is 3.35. The van der Waals surface area contributed by atoms with E-state index in [9.17, 15) is 44.4 Å². The van der Waals surface area contributed by atoms with Crippen LogP contribution in [0.1, 0.15) is 146 Å². The van der Waals surface area contributed by atoms with Gasteiger partial charge < -0.3 is 53.7 Å². The van der Waals surface area contributed by atoms with Crippen LogP contribution in [0.15, 0.2) is 47.6 Å². The van der Waals surface area contributed by atoms with E-state index in [1.807, 2.05) is 71.9 Å². The molecular weight excluding hydrogens is 939 g/mol. The Hall–Kier alpha value is -3.45. The molecule has 3 fully saturated rings. The number of fused-ring (bicyclic) bond motifs is 3. The third kappa shape index (κ3) is 17.5. The van der Waals surface area contributed by atoms with Crippen LogP contribution in [-0.4, -0.2) is 155 Å². The number of carbonyl (C=O) groups excluding carboxylic acids is 5. The summed E-state index contributed by atoms with van der Waals surface area (Å²) in [6.45, 7) is 16.4. The lowest BCUT2D eigenvalue weighted by Gasteiger charge is -2.43. The number of amides is 1. The Labute approximate surface area is 435 Å². The number of aliphatic hydroxyl groups excluding tert-OH is 3. The number of hydrogen-bond acceptors (Lipinski definition) is 15. The molecule has 3 aliphatic heterocycles. The van der Waals surface area contributed by atoms with Gasteiger partial charge in [0.25, 0.3) is 11.7 Å². The fourth-order valence-corrected chi connectivity index (χ4v) is 11.1. The molecule has 1 saturated carbocycles. The molecule has 0 aromatic carbocycles. The topological polar surface area (TPSA) is 225 Å². The number of esters is 1. The highest BCUT2D eigenvalue weighted by atomic mass is 16.6. The van der Waals surface area contributed by atoms with Crippen molar-refractivity contribution in [1.29, 1.82) is 0 Å². The van der Waals surface area contributed by atoms with E-state index in [-0.39, 0.29) is 87.2 Å². The van der Waals surface area contributed by atoms with Crippen LogP contribution in [0.3, 0.4) is 0 Å². The monoisotopic (exact) mass is 1030 g/mol. The molecule has 2 bridgehead atoms. The summed E-state index contributed by atoms with van der Waals surface area (Å²) in [7, 11) is 3.00. The standard InChI is InChI=1S/C57H91NO15/c1-35-17-13-12-14-18-36(2)48(73-56(8,9)24-26-59)33-43-22-20-41(7)57(67,72-43)53(64)54(65)58-25-16-15-19-44(58)55(66)71-47(38(4)31-42-21-23-46(70-28-27-60)49(32-42)68-10)34-45(61)37(3)30-40(6)51(63)52(69-11)50(62)39(5)29-35/h12-14,17-18,30,35,37-39,41-44,46-49,51-52,59-60,63,67H,15-16,19-29,31-34H2,1-11H3/b14-12+,17-13+,36-18+,40-30+/t35-,37-,38-,39-,41-,42?,43+,44+,46-,47?,48-,49-,51-,52+,57-/m1/s1. The highest BCUT2D eigenvalue weighted by Gasteiger charge is 2.53. The third-order valence-corrected chi connectivity index (χ3v) is 15.8. The van der Waals surface area contributed by atoms with Gasteiger partial charge in [-0.25, -0.2) is 4.79 Å². The molecule has 4 aliphatic rings. The van der Waals surface area contributed by atoms with Crippen molar-refractivity contribution in [3.8, 4) is 0 Å². The number of cyclic esters (lactones) is 1. The summed E-state index contributed by atoms with van der Waals surface area (Å²) < 4.78 is 36.5. The van der Waals surface area contributed by atoms with E-state index in [0.717, 1.165) is 12.0 Å². The minimum atomic E-state index is -2.50. The van der Waals surface area contributed by atoms with E-state index in [2.05, 4.69) is 0 Å². The number of carbonyl (C=O) groups is 5. The molecule has 4 N–H and O–H groups in total. The summed E-state index contributed by atoms with van der Waals surface area (Å²) in [5.74, 6) is -8.27. The molecule has 3 heterocycles. The van der Waals surface area contributed by atoms with E-state index in [1.165, 1.54) is 12.0 Å². The predicted octanol–water partition coefficient (Wildman–Crippen LogP) is 6.73. The maximum atomic E-state index is 14.6. The number of hydrogen-bond donors (Lipinski definition) is 4. The first-order valence-corrected chi connectivity index (χ1v) is 27.0. The zero-order valence-electron chi connectivity index (χ0n) is 45.8. The largest absolute Gasteiger partial charge is 0.460 e. The van der Waals surface area contributed by atoms with Crippen molar-refractivity contribution in [3.63, 3.8) is 0 Å². The van der Waals surface area contributed by atoms with Gasteiger partial charge in [0.1, 0.15) is 30.1 Å². The molecule has 4 rings (SSSR count). The van der Waals surface area contributed by atoms with Crippen LogP contribution in [0.4, 0.5) is 0 Å². The Morgan fingerprint density at radius 2 is 1.59 bits per heavy atom. The van der Waals surface area contributed by atoms with Gasteiger partial charge in [0.05, 0.1) is 43.2 Å². The average molecular weight is 1030 g/mol. The Balaban J connectivity index is 1.74. The molecule has 73 heavy (non-hydrogen) atoms. The number of rotatable bonds is 12. The number of allylic oxidation sites excluding steroid dienone is 6. The summed E-state index contributed by atoms with van der Waals surface area (Å²) in [4.78, 5) is 72.8. The molecule has 16 heteroatoms. The van der Waals surface area contributed by atoms with Crippen molar-refractivity contribution in [2.45, 2.75) is 206 Å². The number of piperidine rings is 1. The van der Waals surface area contributed by atoms with Gasteiger partial charge in [-0.3, -0.25) is 19.2 Å². The molecule has 0 aromatic heterocycles. The van der Waals surface area contributed by atoms with E-state index < -0.39 is 83.4 Å². The fraction of sp³-hybridized carbons (Fsp3) is 0.772. The quantitative estimate of drug-likeness (QED) is 0.0904. The second kappa shape index (κ2) is 29.2. The lowest BCUT2D eigenvalue weighted by Crippen LogP contribution is -2.61. The summed E-state index contributed by atoms with van der Waals surface area (Å²) in [5.41, 5.74) is 0.447. The van der Waals surface area contributed by atoms with E-state index >= 15 is 0 Å². The zero-order chi connectivity index (χ0) is 54.2. The summed E-state index contributed by atoms with van der Waals surface area (Å²) in [6.07, 6.45) is 11.6. The molecule has 0 radical (unpaired) electrons. The first-order chi connectivity index (χ1) is 34.5. The lowest BCUT2D eigenvalue weighted by molar-refractivity contribution is -0.267. The van der Waals surface area contributed by atoms with Gasteiger partial charge in [0, 0.05) is 58.0 Å². The van der Waals surface area contributed by atoms with Crippen molar-refractivity contribution in [3.05, 3.63) is 47.6 Å². The van der Waals surface area contributed by atoms with Crippen LogP contribution in [0.25, 0.3) is 0 Å². The molecule has 16 nitrogen and oxygen atoms in total. The van der Waals surface area contributed by atoms with Crippen LogP contribution in [0, 0.1) is 35.5 Å². The van der Waals surface area contributed by atoms with E-state index in [1.54, 1.807) is 34.0 Å². The molecule has 1 amide bonds. The van der Waals surface area contributed by atoms with Crippen LogP contribution in [0.5, 0.6) is 0 Å². The van der Waals surface area contributed by atoms with Gasteiger partial charge in [0.15, 0.2) is 5.78 Å². The Morgan fingerprint density at radius 3 is 2.26 bits per heavy atom. The van der Waals surface area contributed by atoms with Crippen molar-refractivity contribution in [2.24, 2.45) is 35.5 Å². The van der Waals surface area contributed by atoms with Crippen LogP contribution in [-0.2, 0) is 52.4 Å². The molecule has 0 spiro atoms. The van der Waals surface area contributed by atoms with E-state index in [4.69, 9.17) is 28.4 Å². The van der Waals surface area contributed by atoms with Crippen molar-refractivity contribution < 1.29 is 72.8 Å². The number of Topliss-reactive ketones (excluding diaryl/α,β-unsaturated/α-hetero) is 3. The Kier molecular flexibility index (Phi) is 24.8. The predicted molar refractivity (Wildman–Crippen MR) is 276 cm³/mol. The molecule has 2 unspecified atom stereocenters. The summed E-state index contributed by atoms with van der Waals surface area (Å²) in [5, 5.41) is 42.9. The minimum absolute atomic E-state index is 0.0179. The number of nitrogens with zero attached hydrogens (tertiary/aromatic N) is 1. The Morgan fingerprint density at radius 1 is 0.863 bits per heavy atom. The second-order valence-corrected chi connectivity index (χ2v) is 22.3. The first kappa shape index (κ1) is 62.1. The number of methoxy groups -OCH3 is 2. The SMILES string of the molecule is CO[C@@H]1CC(C[C@@H](C)C2CC(=O)[C@H](C)/C=C(\C)[C@@H](O)[C@@H](OC)C(=O)[C@H](C)C[C@H](C)/C=C/C=C/C=C(\C)[C@H](OC(C)(C)CCO)C[C@@H]3CC[C@@H](C)[C@@](O)(O3)C(=O)C(=O)N3CCCC[C@H]3C(=O)O2)CC[C@H]1OCCO. The van der Waals surface area contributed by atoms with E-state index in [0.29, 0.717) is 63.4 Å². The number of ether oxygens (including phenoxy) is 6. The second-order valence-electron chi connectivity index (χ2n) is 22.3. The van der Waals surface area contributed by atoms with Crippen molar-refractivity contribution >= 4 is 29.2 Å². The molecule has 0 aromatic rings. The minimum Gasteiger partial charge on any atom is -0.460 e. The fourth-order valence-electron chi connectivity index (χ4n) is 11.1. The zero-order valence-corrected chi connectivity index (χ0v) is 45.8. The molecule has 15 atom stereocenters. The summed E-state index contributed by atoms with van der Waals surface area (Å²) in [6, 6.07) is -1.17. The lowest BCUT2D eigenvalue weighted by atomic mass is 9.78. The maximum Gasteiger partial charge on any atom is 0.329 e. The van der Waals surface area contributed by atoms with Crippen molar-refractivity contribution in [1.82, 2.24) is 4.90 Å². The summed E-state index contributed by atoms with van der Waals surface area (Å²) >= 11 is 0. The van der Waals surface area contributed by atoms with Gasteiger partial charge in [-0.05, 0) is 127 Å². The van der Waals surface area contributed by atoms with Crippen LogP contribution >= 0.6 is 0 Å². The van der Waals surface area contributed by atoms with Gasteiger partial charge in [-0.1, -0.05) is 71.1 Å². The van der Waals surface area contributed by atoms with Gasteiger partial charge >= 0.3 is 5.97 Å².